The van der Waals surface area contributed by atoms with Crippen LogP contribution in [0.25, 0.3) is 0 Å². The van der Waals surface area contributed by atoms with Gasteiger partial charge in [0.15, 0.2) is 11.5 Å². The van der Waals surface area contributed by atoms with Crippen LogP contribution in [0.15, 0.2) is 41.3 Å². The summed E-state index contributed by atoms with van der Waals surface area (Å²) in [5, 5.41) is 2.82. The van der Waals surface area contributed by atoms with Crippen LogP contribution in [-0.4, -0.2) is 65.3 Å². The van der Waals surface area contributed by atoms with Crippen LogP contribution in [0.2, 0.25) is 0 Å². The maximum absolute atomic E-state index is 13.0. The summed E-state index contributed by atoms with van der Waals surface area (Å²) in [5.41, 5.74) is 1.05. The fraction of sp³-hybridized carbons (Fsp3) is 0.435. The Morgan fingerprint density at radius 1 is 0.970 bits per heavy atom. The highest BCUT2D eigenvalue weighted by molar-refractivity contribution is 7.89. The Morgan fingerprint density at radius 2 is 1.52 bits per heavy atom. The van der Waals surface area contributed by atoms with E-state index in [1.54, 1.807) is 12.1 Å². The van der Waals surface area contributed by atoms with Crippen LogP contribution >= 0.6 is 0 Å². The number of nitrogens with one attached hydrogen (secondary N) is 1. The van der Waals surface area contributed by atoms with Gasteiger partial charge in [0.1, 0.15) is 5.75 Å². The number of benzene rings is 2. The highest BCUT2D eigenvalue weighted by Crippen LogP contribution is 2.34. The first-order valence-electron chi connectivity index (χ1n) is 10.5. The second-order valence-corrected chi connectivity index (χ2v) is 9.74. The Labute approximate surface area is 194 Å². The van der Waals surface area contributed by atoms with E-state index in [-0.39, 0.29) is 29.6 Å². The predicted molar refractivity (Wildman–Crippen MR) is 122 cm³/mol. The third-order valence-corrected chi connectivity index (χ3v) is 7.21. The van der Waals surface area contributed by atoms with Gasteiger partial charge < -0.3 is 24.3 Å². The fourth-order valence-corrected chi connectivity index (χ4v) is 5.35. The van der Waals surface area contributed by atoms with Gasteiger partial charge in [0.2, 0.25) is 10.0 Å². The zero-order valence-corrected chi connectivity index (χ0v) is 20.3. The lowest BCUT2D eigenvalue weighted by Crippen LogP contribution is -2.48. The first-order valence-corrected chi connectivity index (χ1v) is 12.0. The van der Waals surface area contributed by atoms with Crippen LogP contribution in [0, 0.1) is 0 Å². The van der Waals surface area contributed by atoms with Crippen LogP contribution in [0.1, 0.15) is 29.8 Å². The number of sulfonamides is 1. The summed E-state index contributed by atoms with van der Waals surface area (Å²) >= 11 is 0. The number of morpholine rings is 1. The van der Waals surface area contributed by atoms with Gasteiger partial charge in [-0.1, -0.05) is 0 Å². The summed E-state index contributed by atoms with van der Waals surface area (Å²) in [7, 11) is 0.919. The second kappa shape index (κ2) is 10.4. The minimum absolute atomic E-state index is 0.141. The topological polar surface area (TPSA) is 103 Å². The van der Waals surface area contributed by atoms with Crippen LogP contribution < -0.4 is 19.5 Å². The third kappa shape index (κ3) is 5.58. The number of hydrogen-bond donors (Lipinski definition) is 1. The summed E-state index contributed by atoms with van der Waals surface area (Å²) in [6.45, 7) is 4.47. The fourth-order valence-electron chi connectivity index (χ4n) is 3.76. The summed E-state index contributed by atoms with van der Waals surface area (Å²) in [6.07, 6.45) is -0.357. The maximum Gasteiger partial charge on any atom is 0.251 e. The molecule has 1 N–H and O–H groups in total. The normalized spacial score (nSPS) is 19.1. The van der Waals surface area contributed by atoms with Crippen molar-refractivity contribution >= 4 is 15.9 Å². The Balaban J connectivity index is 1.71. The Kier molecular flexibility index (Phi) is 7.83. The van der Waals surface area contributed by atoms with E-state index in [4.69, 9.17) is 18.9 Å². The number of methoxy groups -OCH3 is 3. The van der Waals surface area contributed by atoms with Gasteiger partial charge in [0, 0.05) is 36.8 Å². The second-order valence-electron chi connectivity index (χ2n) is 7.81. The molecule has 9 nitrogen and oxygen atoms in total. The number of hydrogen-bond acceptors (Lipinski definition) is 7. The summed E-state index contributed by atoms with van der Waals surface area (Å²) in [6, 6.07) is 9.33. The summed E-state index contributed by atoms with van der Waals surface area (Å²) < 4.78 is 49.0. The summed E-state index contributed by atoms with van der Waals surface area (Å²) in [5.74, 6) is 1.24. The van der Waals surface area contributed by atoms with Crippen LogP contribution in [0.5, 0.6) is 17.2 Å². The average Bonchev–Trinajstić information content (AvgIpc) is 2.81. The molecule has 2 atom stereocenters. The van der Waals surface area contributed by atoms with Crippen molar-refractivity contribution in [2.75, 3.05) is 34.4 Å². The van der Waals surface area contributed by atoms with E-state index in [0.29, 0.717) is 41.5 Å². The number of carbonyl (C=O) groups excluding carboxylic acids is 1. The van der Waals surface area contributed by atoms with Crippen LogP contribution in [0.4, 0.5) is 0 Å². The smallest absolute Gasteiger partial charge is 0.251 e. The van der Waals surface area contributed by atoms with E-state index in [1.807, 2.05) is 13.8 Å². The van der Waals surface area contributed by atoms with Gasteiger partial charge >= 0.3 is 0 Å². The molecule has 3 rings (SSSR count). The molecule has 0 spiro atoms. The monoisotopic (exact) mass is 478 g/mol. The molecular formula is C23H30N2O7S. The Hall–Kier alpha value is -2.82. The molecule has 0 radical (unpaired) electrons. The van der Waals surface area contributed by atoms with E-state index in [9.17, 15) is 13.2 Å². The minimum Gasteiger partial charge on any atom is -0.496 e. The number of carbonyl (C=O) groups is 1. The molecule has 1 fully saturated rings. The zero-order chi connectivity index (χ0) is 24.2. The standard InChI is InChI=1S/C23H30N2O7S/c1-15-13-25(14-16(2)32-15)33(27,28)19-8-6-17(7-9-19)23(26)24-12-18-10-21(30-4)22(31-5)11-20(18)29-3/h6-11,15-16H,12-14H2,1-5H3,(H,24,26)/t15-,16-/m0/s1. The van der Waals surface area contributed by atoms with Crippen molar-refractivity contribution in [1.82, 2.24) is 9.62 Å². The van der Waals surface area contributed by atoms with E-state index >= 15 is 0 Å². The first kappa shape index (κ1) is 24.8. The molecule has 0 saturated carbocycles. The van der Waals surface area contributed by atoms with Crippen molar-refractivity contribution in [3.05, 3.63) is 47.5 Å². The van der Waals surface area contributed by atoms with Crippen molar-refractivity contribution in [2.45, 2.75) is 37.5 Å². The van der Waals surface area contributed by atoms with Gasteiger partial charge in [-0.15, -0.1) is 0 Å². The number of ether oxygens (including phenoxy) is 4. The molecule has 2 aromatic rings. The largest absolute Gasteiger partial charge is 0.496 e. The number of amides is 1. The maximum atomic E-state index is 13.0. The molecule has 1 heterocycles. The predicted octanol–water partition coefficient (Wildman–Crippen LogP) is 2.44. The molecule has 1 amide bonds. The lowest BCUT2D eigenvalue weighted by atomic mass is 10.1. The van der Waals surface area contributed by atoms with E-state index in [2.05, 4.69) is 5.32 Å². The van der Waals surface area contributed by atoms with Gasteiger partial charge in [-0.2, -0.15) is 4.31 Å². The van der Waals surface area contributed by atoms with E-state index < -0.39 is 10.0 Å². The molecular weight excluding hydrogens is 448 g/mol. The molecule has 180 valence electrons. The van der Waals surface area contributed by atoms with Gasteiger partial charge in [-0.05, 0) is 44.2 Å². The number of rotatable bonds is 8. The minimum atomic E-state index is -3.67. The van der Waals surface area contributed by atoms with Crippen molar-refractivity contribution in [2.24, 2.45) is 0 Å². The molecule has 10 heteroatoms. The van der Waals surface area contributed by atoms with Crippen molar-refractivity contribution < 1.29 is 32.2 Å². The summed E-state index contributed by atoms with van der Waals surface area (Å²) in [4.78, 5) is 12.8. The van der Waals surface area contributed by atoms with Crippen LogP contribution in [-0.2, 0) is 21.3 Å². The van der Waals surface area contributed by atoms with E-state index in [0.717, 1.165) is 0 Å². The molecule has 0 aliphatic carbocycles. The Bertz CT molecular complexity index is 1080. The molecule has 1 saturated heterocycles. The lowest BCUT2D eigenvalue weighted by molar-refractivity contribution is -0.0440. The lowest BCUT2D eigenvalue weighted by Gasteiger charge is -2.34. The molecule has 0 aromatic heterocycles. The SMILES string of the molecule is COc1cc(OC)c(OC)cc1CNC(=O)c1ccc(S(=O)(=O)N2C[C@H](C)O[C@@H](C)C2)cc1. The molecule has 0 unspecified atom stereocenters. The molecule has 33 heavy (non-hydrogen) atoms. The first-order chi connectivity index (χ1) is 15.7. The van der Waals surface area contributed by atoms with Gasteiger partial charge in [0.05, 0.1) is 38.4 Å². The highest BCUT2D eigenvalue weighted by Gasteiger charge is 2.32. The van der Waals surface area contributed by atoms with Crippen molar-refractivity contribution in [1.29, 1.82) is 0 Å². The van der Waals surface area contributed by atoms with Gasteiger partial charge in [0.25, 0.3) is 5.91 Å². The average molecular weight is 479 g/mol. The zero-order valence-electron chi connectivity index (χ0n) is 19.5. The third-order valence-electron chi connectivity index (χ3n) is 5.37. The van der Waals surface area contributed by atoms with Crippen molar-refractivity contribution in [3.8, 4) is 17.2 Å². The highest BCUT2D eigenvalue weighted by atomic mass is 32.2. The van der Waals surface area contributed by atoms with Gasteiger partial charge in [-0.25, -0.2) is 8.42 Å². The van der Waals surface area contributed by atoms with Gasteiger partial charge in [-0.3, -0.25) is 4.79 Å². The quantitative estimate of drug-likeness (QED) is 0.622. The number of nitrogens with zero attached hydrogens (tertiary/aromatic N) is 1. The van der Waals surface area contributed by atoms with E-state index in [1.165, 1.54) is 49.9 Å². The molecule has 1 aliphatic rings. The molecule has 0 bridgehead atoms. The van der Waals surface area contributed by atoms with Crippen molar-refractivity contribution in [3.63, 3.8) is 0 Å². The molecule has 2 aromatic carbocycles. The van der Waals surface area contributed by atoms with Crippen LogP contribution in [0.3, 0.4) is 0 Å². The molecule has 1 aliphatic heterocycles. The Morgan fingerprint density at radius 3 is 2.06 bits per heavy atom.